The predicted octanol–water partition coefficient (Wildman–Crippen LogP) is 2.71. The third-order valence-electron chi connectivity index (χ3n) is 2.71. The van der Waals surface area contributed by atoms with Crippen LogP contribution in [-0.2, 0) is 12.8 Å². The summed E-state index contributed by atoms with van der Waals surface area (Å²) in [5, 5.41) is 0. The number of hydrogen-bond donors (Lipinski definition) is 1. The summed E-state index contributed by atoms with van der Waals surface area (Å²) in [5.74, 6) is 1.68. The fourth-order valence-electron chi connectivity index (χ4n) is 1.89. The van der Waals surface area contributed by atoms with Gasteiger partial charge in [-0.2, -0.15) is 0 Å². The normalized spacial score (nSPS) is 10.8. The number of rotatable bonds is 4. The minimum atomic E-state index is 0.566. The van der Waals surface area contributed by atoms with Gasteiger partial charge in [0.2, 0.25) is 0 Å². The van der Waals surface area contributed by atoms with Gasteiger partial charge in [0.05, 0.1) is 0 Å². The van der Waals surface area contributed by atoms with Crippen LogP contribution < -0.4 is 5.73 Å². The van der Waals surface area contributed by atoms with Crippen LogP contribution in [0.5, 0.6) is 0 Å². The summed E-state index contributed by atoms with van der Waals surface area (Å²) in [5.41, 5.74) is 8.83. The molecule has 1 aromatic heterocycles. The maximum Gasteiger partial charge on any atom is 0.196 e. The number of oxazole rings is 1. The van der Waals surface area contributed by atoms with Crippen molar-refractivity contribution in [2.75, 3.05) is 6.54 Å². The van der Waals surface area contributed by atoms with E-state index in [4.69, 9.17) is 10.2 Å². The Morgan fingerprint density at radius 3 is 2.82 bits per heavy atom. The van der Waals surface area contributed by atoms with E-state index in [2.05, 4.69) is 37.0 Å². The van der Waals surface area contributed by atoms with E-state index in [9.17, 15) is 0 Å². The summed E-state index contributed by atoms with van der Waals surface area (Å²) in [6, 6.07) is 8.32. The molecule has 2 N–H and O–H groups in total. The van der Waals surface area contributed by atoms with E-state index >= 15 is 0 Å². The molecule has 0 amide bonds. The summed E-state index contributed by atoms with van der Waals surface area (Å²) in [6.07, 6.45) is 1.54. The van der Waals surface area contributed by atoms with Crippen molar-refractivity contribution in [2.45, 2.75) is 26.7 Å². The molecule has 0 spiro atoms. The van der Waals surface area contributed by atoms with Gasteiger partial charge in [-0.1, -0.05) is 30.7 Å². The predicted molar refractivity (Wildman–Crippen MR) is 68.8 cm³/mol. The van der Waals surface area contributed by atoms with E-state index in [0.29, 0.717) is 13.0 Å². The molecule has 1 aromatic carbocycles. The Bertz CT molecular complexity index is 503. The minimum absolute atomic E-state index is 0.566. The second-order valence-corrected chi connectivity index (χ2v) is 4.14. The maximum atomic E-state index is 5.71. The highest BCUT2D eigenvalue weighted by molar-refractivity contribution is 5.62. The van der Waals surface area contributed by atoms with Crippen LogP contribution >= 0.6 is 0 Å². The molecule has 0 aliphatic rings. The minimum Gasteiger partial charge on any atom is -0.445 e. The van der Waals surface area contributed by atoms with Crippen LogP contribution in [0.15, 0.2) is 28.7 Å². The fraction of sp³-hybridized carbons (Fsp3) is 0.357. The Morgan fingerprint density at radius 2 is 2.18 bits per heavy atom. The zero-order valence-corrected chi connectivity index (χ0v) is 10.4. The highest BCUT2D eigenvalue weighted by Crippen LogP contribution is 2.25. The molecule has 0 aliphatic heterocycles. The summed E-state index contributed by atoms with van der Waals surface area (Å²) in [7, 11) is 0. The molecule has 0 saturated carbocycles. The molecule has 3 nitrogen and oxygen atoms in total. The van der Waals surface area contributed by atoms with E-state index < -0.39 is 0 Å². The molecule has 0 fully saturated rings. The van der Waals surface area contributed by atoms with Gasteiger partial charge in [-0.25, -0.2) is 4.98 Å². The van der Waals surface area contributed by atoms with Crippen molar-refractivity contribution in [1.82, 2.24) is 4.98 Å². The van der Waals surface area contributed by atoms with E-state index in [1.165, 1.54) is 5.56 Å². The molecule has 90 valence electrons. The van der Waals surface area contributed by atoms with Gasteiger partial charge in [0.15, 0.2) is 5.89 Å². The molecular weight excluding hydrogens is 212 g/mol. The lowest BCUT2D eigenvalue weighted by Gasteiger charge is -1.99. The van der Waals surface area contributed by atoms with Crippen molar-refractivity contribution in [3.05, 3.63) is 41.5 Å². The molecular formula is C14H18N2O. The molecule has 0 unspecified atom stereocenters. The van der Waals surface area contributed by atoms with Gasteiger partial charge in [-0.05, 0) is 13.0 Å². The lowest BCUT2D eigenvalue weighted by molar-refractivity contribution is 0.460. The van der Waals surface area contributed by atoms with Crippen LogP contribution in [-0.4, -0.2) is 11.5 Å². The maximum absolute atomic E-state index is 5.71. The Morgan fingerprint density at radius 1 is 1.35 bits per heavy atom. The molecule has 0 saturated heterocycles. The third kappa shape index (κ3) is 2.56. The van der Waals surface area contributed by atoms with Crippen LogP contribution in [0.4, 0.5) is 0 Å². The molecule has 1 heterocycles. The molecule has 2 aromatic rings. The number of aromatic nitrogens is 1. The second-order valence-electron chi connectivity index (χ2n) is 4.14. The third-order valence-corrected chi connectivity index (χ3v) is 2.71. The van der Waals surface area contributed by atoms with Crippen molar-refractivity contribution >= 4 is 0 Å². The van der Waals surface area contributed by atoms with Crippen LogP contribution in [0.25, 0.3) is 11.3 Å². The average Bonchev–Trinajstić information content (AvgIpc) is 2.73. The Balaban J connectivity index is 2.43. The summed E-state index contributed by atoms with van der Waals surface area (Å²) in [4.78, 5) is 4.54. The van der Waals surface area contributed by atoms with Crippen LogP contribution in [0.2, 0.25) is 0 Å². The van der Waals surface area contributed by atoms with Gasteiger partial charge in [0, 0.05) is 24.9 Å². The average molecular weight is 230 g/mol. The van der Waals surface area contributed by atoms with Gasteiger partial charge in [-0.3, -0.25) is 0 Å². The zero-order valence-electron chi connectivity index (χ0n) is 10.4. The molecule has 17 heavy (non-hydrogen) atoms. The van der Waals surface area contributed by atoms with E-state index in [1.54, 1.807) is 0 Å². The largest absolute Gasteiger partial charge is 0.445 e. The first-order valence-corrected chi connectivity index (χ1v) is 6.00. The number of nitrogens with two attached hydrogens (primary N) is 1. The smallest absolute Gasteiger partial charge is 0.196 e. The van der Waals surface area contributed by atoms with E-state index in [1.807, 2.05) is 6.07 Å². The monoisotopic (exact) mass is 230 g/mol. The molecule has 0 atom stereocenters. The first-order chi connectivity index (χ1) is 8.24. The Hall–Kier alpha value is -1.61. The number of nitrogens with zero attached hydrogens (tertiary/aromatic N) is 1. The van der Waals surface area contributed by atoms with Crippen LogP contribution in [0.1, 0.15) is 24.1 Å². The van der Waals surface area contributed by atoms with Gasteiger partial charge >= 0.3 is 0 Å². The summed E-state index contributed by atoms with van der Waals surface area (Å²) < 4.78 is 5.71. The Labute approximate surface area is 102 Å². The lowest BCUT2D eigenvalue weighted by Crippen LogP contribution is -2.02. The van der Waals surface area contributed by atoms with Gasteiger partial charge < -0.3 is 10.2 Å². The van der Waals surface area contributed by atoms with Gasteiger partial charge in [-0.15, -0.1) is 0 Å². The van der Waals surface area contributed by atoms with Gasteiger partial charge in [0.25, 0.3) is 0 Å². The topological polar surface area (TPSA) is 52.0 Å². The highest BCUT2D eigenvalue weighted by Gasteiger charge is 2.12. The molecule has 0 bridgehead atoms. The lowest BCUT2D eigenvalue weighted by atomic mass is 10.1. The van der Waals surface area contributed by atoms with Crippen molar-refractivity contribution in [3.63, 3.8) is 0 Å². The first-order valence-electron chi connectivity index (χ1n) is 6.00. The quantitative estimate of drug-likeness (QED) is 0.878. The highest BCUT2D eigenvalue weighted by atomic mass is 16.4. The number of hydrogen-bond acceptors (Lipinski definition) is 3. The van der Waals surface area contributed by atoms with Crippen molar-refractivity contribution in [2.24, 2.45) is 5.73 Å². The summed E-state index contributed by atoms with van der Waals surface area (Å²) in [6.45, 7) is 4.72. The molecule has 0 aliphatic carbocycles. The molecule has 2 rings (SSSR count). The molecule has 3 heteroatoms. The second kappa shape index (κ2) is 5.15. The van der Waals surface area contributed by atoms with Crippen molar-refractivity contribution < 1.29 is 4.42 Å². The van der Waals surface area contributed by atoms with Crippen LogP contribution in [0.3, 0.4) is 0 Å². The standard InChI is InChI=1S/C14H18N2O/c1-3-12-14(16-13(17-12)7-8-15)11-6-4-5-10(2)9-11/h4-6,9H,3,7-8,15H2,1-2H3. The fourth-order valence-corrected chi connectivity index (χ4v) is 1.89. The van der Waals surface area contributed by atoms with Gasteiger partial charge in [0.1, 0.15) is 11.5 Å². The van der Waals surface area contributed by atoms with Crippen molar-refractivity contribution in [3.8, 4) is 11.3 Å². The first kappa shape index (κ1) is 11.9. The Kier molecular flexibility index (Phi) is 3.59. The zero-order chi connectivity index (χ0) is 12.3. The number of aryl methyl sites for hydroxylation is 2. The number of benzene rings is 1. The summed E-state index contributed by atoms with van der Waals surface area (Å²) >= 11 is 0. The van der Waals surface area contributed by atoms with Crippen LogP contribution in [0, 0.1) is 6.92 Å². The van der Waals surface area contributed by atoms with Crippen molar-refractivity contribution in [1.29, 1.82) is 0 Å². The SMILES string of the molecule is CCc1oc(CCN)nc1-c1cccc(C)c1. The van der Waals surface area contributed by atoms with E-state index in [0.717, 1.165) is 29.3 Å². The molecule has 0 radical (unpaired) electrons. The van der Waals surface area contributed by atoms with E-state index in [-0.39, 0.29) is 0 Å².